The predicted octanol–water partition coefficient (Wildman–Crippen LogP) is 10.5. The number of anilines is 3. The van der Waals surface area contributed by atoms with Gasteiger partial charge in [0.15, 0.2) is 0 Å². The summed E-state index contributed by atoms with van der Waals surface area (Å²) in [4.78, 5) is 18.1. The van der Waals surface area contributed by atoms with E-state index in [0.717, 1.165) is 14.6 Å². The highest BCUT2D eigenvalue weighted by Gasteiger charge is 2.51. The van der Waals surface area contributed by atoms with Crippen molar-refractivity contribution < 1.29 is 9.90 Å². The third kappa shape index (κ3) is 3.66. The minimum Gasteiger partial charge on any atom is -0.477 e. The van der Waals surface area contributed by atoms with Gasteiger partial charge in [0, 0.05) is 35.8 Å². The molecule has 0 bridgehead atoms. The Kier molecular flexibility index (Phi) is 5.65. The van der Waals surface area contributed by atoms with Crippen LogP contribution >= 0.6 is 22.7 Å². The summed E-state index contributed by atoms with van der Waals surface area (Å²) in [5.74, 6) is -1.21. The maximum absolute atomic E-state index is 11.3. The molecule has 3 aliphatic rings. The molecule has 3 aromatic carbocycles. The number of nitrogens with zero attached hydrogens (tertiary/aromatic N) is 2. The van der Waals surface area contributed by atoms with Crippen molar-refractivity contribution in [2.45, 2.75) is 57.8 Å². The lowest BCUT2D eigenvalue weighted by molar-refractivity contribution is -0.132. The average Bonchev–Trinajstić information content (AvgIpc) is 3.68. The van der Waals surface area contributed by atoms with Gasteiger partial charge in [-0.15, -0.1) is 22.7 Å². The highest BCUT2D eigenvalue weighted by Crippen LogP contribution is 2.66. The molecule has 45 heavy (non-hydrogen) atoms. The van der Waals surface area contributed by atoms with Crippen molar-refractivity contribution in [2.24, 2.45) is 0 Å². The predicted molar refractivity (Wildman–Crippen MR) is 185 cm³/mol. The highest BCUT2D eigenvalue weighted by molar-refractivity contribution is 7.24. The minimum atomic E-state index is -1.21. The molecule has 6 heteroatoms. The van der Waals surface area contributed by atoms with Gasteiger partial charge in [0.1, 0.15) is 11.6 Å². The maximum atomic E-state index is 11.3. The molecule has 0 amide bonds. The fourth-order valence-corrected chi connectivity index (χ4v) is 9.83. The van der Waals surface area contributed by atoms with Gasteiger partial charge >= 0.3 is 5.97 Å². The second-order valence-electron chi connectivity index (χ2n) is 13.9. The Hall–Kier alpha value is -4.44. The fraction of sp³-hybridized carbons (Fsp3) is 0.231. The molecule has 222 valence electrons. The minimum absolute atomic E-state index is 0.108. The Morgan fingerprint density at radius 1 is 0.689 bits per heavy atom. The van der Waals surface area contributed by atoms with Crippen molar-refractivity contribution >= 4 is 51.8 Å². The summed E-state index contributed by atoms with van der Waals surface area (Å²) >= 11 is 3.25. The van der Waals surface area contributed by atoms with E-state index in [4.69, 9.17) is 0 Å². The van der Waals surface area contributed by atoms with E-state index in [2.05, 4.69) is 107 Å². The molecule has 5 heterocycles. The average molecular weight is 625 g/mol. The van der Waals surface area contributed by atoms with Crippen LogP contribution in [0, 0.1) is 11.3 Å². The van der Waals surface area contributed by atoms with Gasteiger partial charge in [0.25, 0.3) is 0 Å². The van der Waals surface area contributed by atoms with E-state index >= 15 is 0 Å². The molecule has 1 N–H and O–H groups in total. The Morgan fingerprint density at radius 3 is 1.64 bits per heavy atom. The van der Waals surface area contributed by atoms with Crippen LogP contribution in [0.15, 0.2) is 78.4 Å². The van der Waals surface area contributed by atoms with Crippen LogP contribution in [0.25, 0.3) is 26.3 Å². The number of hydrogen-bond acceptors (Lipinski definition) is 5. The van der Waals surface area contributed by atoms with E-state index in [-0.39, 0.29) is 21.8 Å². The van der Waals surface area contributed by atoms with Crippen molar-refractivity contribution in [2.75, 3.05) is 4.90 Å². The molecule has 0 saturated heterocycles. The zero-order valence-electron chi connectivity index (χ0n) is 26.1. The molecule has 4 nitrogen and oxygen atoms in total. The number of thiophene rings is 2. The molecule has 0 atom stereocenters. The lowest BCUT2D eigenvalue weighted by Gasteiger charge is -2.55. The Labute approximate surface area is 271 Å². The van der Waals surface area contributed by atoms with Crippen molar-refractivity contribution in [3.63, 3.8) is 0 Å². The smallest absolute Gasteiger partial charge is 0.346 e. The molecule has 2 aromatic heterocycles. The normalized spacial score (nSPS) is 17.4. The van der Waals surface area contributed by atoms with Crippen molar-refractivity contribution in [1.29, 1.82) is 5.26 Å². The molecule has 3 aliphatic heterocycles. The largest absolute Gasteiger partial charge is 0.477 e. The first-order chi connectivity index (χ1) is 21.4. The van der Waals surface area contributed by atoms with Gasteiger partial charge in [0.05, 0.1) is 17.1 Å². The summed E-state index contributed by atoms with van der Waals surface area (Å²) in [6.07, 6.45) is 1.44. The number of carboxylic acids is 1. The number of nitriles is 1. The zero-order chi connectivity index (χ0) is 31.6. The Balaban J connectivity index is 1.32. The first kappa shape index (κ1) is 28.1. The van der Waals surface area contributed by atoms with Crippen LogP contribution in [0.4, 0.5) is 17.1 Å². The van der Waals surface area contributed by atoms with E-state index in [9.17, 15) is 15.2 Å². The standard InChI is InChI=1S/C39H32N2O2S2/c1-37(2)24-9-7-11-26-33(24)41-34-25(37)10-8-12-27(34)39(5,6)29-19-21(18-28(35(29)41)38(26,3)4)30-15-16-32(45-30)31-14-13-23(44-31)17-22(20-40)36(42)43/h7-19H,1-6H3,(H,42,43)/b22-17+. The van der Waals surface area contributed by atoms with Crippen LogP contribution in [-0.4, -0.2) is 11.1 Å². The van der Waals surface area contributed by atoms with E-state index < -0.39 is 5.97 Å². The number of hydrogen-bond donors (Lipinski definition) is 1. The Morgan fingerprint density at radius 2 is 1.13 bits per heavy atom. The molecule has 0 aliphatic carbocycles. The van der Waals surface area contributed by atoms with Crippen LogP contribution in [0.2, 0.25) is 0 Å². The lowest BCUT2D eigenvalue weighted by Crippen LogP contribution is -2.43. The summed E-state index contributed by atoms with van der Waals surface area (Å²) in [6.45, 7) is 14.3. The van der Waals surface area contributed by atoms with E-state index in [1.54, 1.807) is 17.4 Å². The summed E-state index contributed by atoms with van der Waals surface area (Å²) in [5.41, 5.74) is 12.7. The van der Waals surface area contributed by atoms with E-state index in [0.29, 0.717) is 0 Å². The van der Waals surface area contributed by atoms with Gasteiger partial charge in [-0.05, 0) is 81.4 Å². The molecule has 0 saturated carbocycles. The Bertz CT molecular complexity index is 2110. The summed E-state index contributed by atoms with van der Waals surface area (Å²) in [5, 5.41) is 18.5. The SMILES string of the molecule is CC1(C)c2cccc3c2N2c4c1cccc4C(C)(C)c1cc(-c4ccc(-c5ccc(/C=C(\C#N)C(=O)O)s5)s4)cc(c12)C3(C)C. The lowest BCUT2D eigenvalue weighted by atomic mass is 9.60. The third-order valence-corrected chi connectivity index (χ3v) is 12.7. The molecule has 0 spiro atoms. The van der Waals surface area contributed by atoms with Crippen molar-refractivity contribution in [3.05, 3.63) is 117 Å². The van der Waals surface area contributed by atoms with Gasteiger partial charge in [-0.25, -0.2) is 4.79 Å². The molecule has 0 radical (unpaired) electrons. The van der Waals surface area contributed by atoms with Gasteiger partial charge < -0.3 is 10.0 Å². The molecule has 8 rings (SSSR count). The first-order valence-corrected chi connectivity index (χ1v) is 16.8. The topological polar surface area (TPSA) is 64.3 Å². The highest BCUT2D eigenvalue weighted by atomic mass is 32.1. The number of aliphatic carboxylic acids is 1. The monoisotopic (exact) mass is 624 g/mol. The van der Waals surface area contributed by atoms with Gasteiger partial charge in [0.2, 0.25) is 0 Å². The fourth-order valence-electron chi connectivity index (χ4n) is 7.80. The summed E-state index contributed by atoms with van der Waals surface area (Å²) in [7, 11) is 0. The number of benzene rings is 3. The molecular weight excluding hydrogens is 593 g/mol. The van der Waals surface area contributed by atoms with Crippen LogP contribution in [-0.2, 0) is 21.0 Å². The van der Waals surface area contributed by atoms with Gasteiger partial charge in [-0.2, -0.15) is 5.26 Å². The van der Waals surface area contributed by atoms with Gasteiger partial charge in [-0.1, -0.05) is 77.9 Å². The number of carboxylic acid groups (broad SMARTS) is 1. The van der Waals surface area contributed by atoms with Crippen LogP contribution in [0.1, 0.15) is 79.8 Å². The van der Waals surface area contributed by atoms with Crippen molar-refractivity contribution in [3.8, 4) is 26.3 Å². The van der Waals surface area contributed by atoms with Crippen LogP contribution < -0.4 is 4.90 Å². The van der Waals surface area contributed by atoms with Crippen molar-refractivity contribution in [1.82, 2.24) is 0 Å². The van der Waals surface area contributed by atoms with Crippen LogP contribution in [0.5, 0.6) is 0 Å². The second kappa shape index (κ2) is 9.06. The number of carbonyl (C=O) groups is 1. The van der Waals surface area contributed by atoms with Crippen LogP contribution in [0.3, 0.4) is 0 Å². The zero-order valence-corrected chi connectivity index (χ0v) is 27.7. The third-order valence-electron chi connectivity index (χ3n) is 10.3. The maximum Gasteiger partial charge on any atom is 0.346 e. The molecule has 0 fully saturated rings. The summed E-state index contributed by atoms with van der Waals surface area (Å²) < 4.78 is 0. The number of rotatable bonds is 4. The van der Waals surface area contributed by atoms with Gasteiger partial charge in [-0.3, -0.25) is 0 Å². The van der Waals surface area contributed by atoms with E-state index in [1.807, 2.05) is 12.1 Å². The quantitative estimate of drug-likeness (QED) is 0.160. The second-order valence-corrected chi connectivity index (χ2v) is 16.1. The summed E-state index contributed by atoms with van der Waals surface area (Å²) in [6, 6.07) is 28.6. The number of para-hydroxylation sites is 2. The molecular formula is C39H32N2O2S2. The molecule has 0 unspecified atom stereocenters. The van der Waals surface area contributed by atoms with E-state index in [1.165, 1.54) is 78.3 Å². The molecule has 5 aromatic rings. The first-order valence-electron chi connectivity index (χ1n) is 15.2.